The molecule has 0 aromatic heterocycles. The minimum Gasteiger partial charge on any atom is -0.307 e. The van der Waals surface area contributed by atoms with Gasteiger partial charge in [0.2, 0.25) is 0 Å². The molecule has 30 heavy (non-hydrogen) atoms. The smallest absolute Gasteiger partial charge is 0.307 e. The van der Waals surface area contributed by atoms with E-state index < -0.39 is 14.5 Å². The predicted molar refractivity (Wildman–Crippen MR) is 126 cm³/mol. The molecule has 0 bridgehead atoms. The minimum atomic E-state index is -3.97. The van der Waals surface area contributed by atoms with Crippen LogP contribution in [0.3, 0.4) is 0 Å². The van der Waals surface area contributed by atoms with Gasteiger partial charge < -0.3 is 4.52 Å². The molecular formula is C20H44O7P2S. The van der Waals surface area contributed by atoms with Gasteiger partial charge in [-0.15, -0.1) is 4.67 Å². The highest BCUT2D eigenvalue weighted by Gasteiger charge is 2.38. The van der Waals surface area contributed by atoms with Gasteiger partial charge in [-0.3, -0.25) is 9.05 Å². The highest BCUT2D eigenvalue weighted by atomic mass is 32.5. The number of hydrogen-bond donors (Lipinski definition) is 0. The van der Waals surface area contributed by atoms with E-state index in [2.05, 4.69) is 55.4 Å². The Morgan fingerprint density at radius 3 is 1.40 bits per heavy atom. The molecule has 0 saturated carbocycles. The summed E-state index contributed by atoms with van der Waals surface area (Å²) in [5.41, 5.74) is 0. The van der Waals surface area contributed by atoms with Crippen LogP contribution in [0.2, 0.25) is 0 Å². The molecule has 0 amide bonds. The first-order valence-electron chi connectivity index (χ1n) is 11.0. The molecular weight excluding hydrogens is 446 g/mol. The zero-order chi connectivity index (χ0) is 23.2. The largest absolute Gasteiger partial charge is 0.482 e. The first-order chi connectivity index (χ1) is 13.9. The number of phosphoric acid groups is 1. The third-order valence-electron chi connectivity index (χ3n) is 3.96. The van der Waals surface area contributed by atoms with Crippen LogP contribution < -0.4 is 0 Å². The van der Waals surface area contributed by atoms with Crippen molar-refractivity contribution in [3.05, 3.63) is 0 Å². The summed E-state index contributed by atoms with van der Waals surface area (Å²) in [6.45, 7) is 14.1. The Morgan fingerprint density at radius 1 is 0.633 bits per heavy atom. The quantitative estimate of drug-likeness (QED) is 0.0797. The van der Waals surface area contributed by atoms with Gasteiger partial charge in [-0.1, -0.05) is 55.4 Å². The number of phosphoric ester groups is 1. The Morgan fingerprint density at radius 2 is 1.00 bits per heavy atom. The summed E-state index contributed by atoms with van der Waals surface area (Å²) in [6, 6.07) is 0. The number of rotatable bonds is 19. The summed E-state index contributed by atoms with van der Waals surface area (Å²) in [5, 5.41) is 0. The van der Waals surface area contributed by atoms with Crippen LogP contribution in [0.1, 0.15) is 81.1 Å². The van der Waals surface area contributed by atoms with E-state index in [1.165, 1.54) is 0 Å². The Kier molecular flexibility index (Phi) is 16.6. The molecule has 0 saturated heterocycles. The fraction of sp³-hybridized carbons (Fsp3) is 1.00. The fourth-order valence-corrected chi connectivity index (χ4v) is 5.90. The molecule has 1 atom stereocenters. The number of hydrogen-bond acceptors (Lipinski definition) is 8. The van der Waals surface area contributed by atoms with E-state index >= 15 is 0 Å². The van der Waals surface area contributed by atoms with Crippen molar-refractivity contribution in [3.63, 3.8) is 0 Å². The van der Waals surface area contributed by atoms with Crippen LogP contribution in [0.4, 0.5) is 0 Å². The van der Waals surface area contributed by atoms with Gasteiger partial charge in [0, 0.05) is 0 Å². The van der Waals surface area contributed by atoms with Gasteiger partial charge in [0.25, 0.3) is 0 Å². The van der Waals surface area contributed by atoms with E-state index in [-0.39, 0.29) is 13.2 Å². The maximum atomic E-state index is 13.3. The average Bonchev–Trinajstić information content (AvgIpc) is 2.57. The van der Waals surface area contributed by atoms with Crippen molar-refractivity contribution < 1.29 is 32.0 Å². The lowest BCUT2D eigenvalue weighted by atomic mass is 10.1. The Bertz CT molecular complexity index is 509. The lowest BCUT2D eigenvalue weighted by Gasteiger charge is -2.25. The molecule has 0 aromatic rings. The molecule has 7 nitrogen and oxygen atoms in total. The van der Waals surface area contributed by atoms with Crippen LogP contribution >= 0.6 is 14.5 Å². The van der Waals surface area contributed by atoms with Crippen molar-refractivity contribution in [2.45, 2.75) is 81.1 Å². The lowest BCUT2D eigenvalue weighted by Crippen LogP contribution is -2.09. The van der Waals surface area contributed by atoms with Crippen LogP contribution in [0.15, 0.2) is 0 Å². The Balaban J connectivity index is 5.19. The third-order valence-corrected chi connectivity index (χ3v) is 8.44. The molecule has 0 aliphatic rings. The highest BCUT2D eigenvalue weighted by molar-refractivity contribution is 8.08. The second-order valence-corrected chi connectivity index (χ2v) is 13.8. The second kappa shape index (κ2) is 16.3. The molecule has 1 unspecified atom stereocenters. The first-order valence-corrected chi connectivity index (χ1v) is 15.1. The topological polar surface area (TPSA) is 72.5 Å². The maximum absolute atomic E-state index is 13.3. The second-order valence-electron chi connectivity index (χ2n) is 9.10. The van der Waals surface area contributed by atoms with Crippen LogP contribution in [0, 0.1) is 23.7 Å². The molecule has 0 heterocycles. The molecule has 0 aliphatic carbocycles. The molecule has 0 aliphatic heterocycles. The Labute approximate surface area is 189 Å². The Hall–Kier alpha value is 0.640. The minimum absolute atomic E-state index is 0.228. The summed E-state index contributed by atoms with van der Waals surface area (Å²) in [4.78, 5) is 5.26. The zero-order valence-electron chi connectivity index (χ0n) is 20.1. The lowest BCUT2D eigenvalue weighted by molar-refractivity contribution is -0.217. The van der Waals surface area contributed by atoms with Crippen molar-refractivity contribution in [3.8, 4) is 0 Å². The fourth-order valence-electron chi connectivity index (χ4n) is 1.85. The zero-order valence-corrected chi connectivity index (χ0v) is 22.7. The van der Waals surface area contributed by atoms with Gasteiger partial charge in [-0.25, -0.2) is 13.8 Å². The van der Waals surface area contributed by atoms with Crippen LogP contribution in [-0.2, 0) is 43.8 Å². The molecule has 0 radical (unpaired) electrons. The van der Waals surface area contributed by atoms with E-state index in [0.717, 1.165) is 12.8 Å². The summed E-state index contributed by atoms with van der Waals surface area (Å²) in [5.74, 6) is 1.62. The van der Waals surface area contributed by atoms with Gasteiger partial charge >= 0.3 is 14.5 Å². The van der Waals surface area contributed by atoms with Crippen LogP contribution in [-0.4, -0.2) is 26.4 Å². The normalized spacial score (nSPS) is 14.9. The van der Waals surface area contributed by atoms with Gasteiger partial charge in [-0.2, -0.15) is 0 Å². The van der Waals surface area contributed by atoms with Crippen molar-refractivity contribution in [2.75, 3.05) is 26.4 Å². The van der Waals surface area contributed by atoms with Crippen LogP contribution in [0.5, 0.6) is 0 Å². The summed E-state index contributed by atoms with van der Waals surface area (Å²) >= 11 is 5.47. The highest BCUT2D eigenvalue weighted by Crippen LogP contribution is 2.66. The van der Waals surface area contributed by atoms with Crippen molar-refractivity contribution in [1.82, 2.24) is 0 Å². The monoisotopic (exact) mass is 490 g/mol. The summed E-state index contributed by atoms with van der Waals surface area (Å²) < 4.78 is 41.1. The molecule has 0 rings (SSSR count). The van der Waals surface area contributed by atoms with Gasteiger partial charge in [0.1, 0.15) is 0 Å². The molecule has 10 heteroatoms. The summed E-state index contributed by atoms with van der Waals surface area (Å²) in [6.07, 6.45) is 2.96. The maximum Gasteiger partial charge on any atom is 0.482 e. The standard InChI is InChI=1S/C20H44O7P2S/c1-17(2)9-13-22-26-29(30,25-16-12-20(7)8)27-28(21,23-14-10-18(3)4)24-15-11-19(5)6/h17-20H,9-16H2,1-8H3. The molecule has 182 valence electrons. The van der Waals surface area contributed by atoms with E-state index in [9.17, 15) is 4.57 Å². The van der Waals surface area contributed by atoms with E-state index in [1.54, 1.807) is 0 Å². The SMILES string of the molecule is CC(C)CCOOP(=S)(OCCC(C)C)OP(=O)(OCCC(C)C)OCCC(C)C. The summed E-state index contributed by atoms with van der Waals surface area (Å²) in [7, 11) is -3.97. The van der Waals surface area contributed by atoms with Crippen molar-refractivity contribution >= 4 is 26.3 Å². The average molecular weight is 491 g/mol. The third kappa shape index (κ3) is 17.2. The van der Waals surface area contributed by atoms with Crippen molar-refractivity contribution in [2.24, 2.45) is 23.7 Å². The van der Waals surface area contributed by atoms with E-state index in [0.29, 0.717) is 49.7 Å². The van der Waals surface area contributed by atoms with E-state index in [4.69, 9.17) is 39.3 Å². The van der Waals surface area contributed by atoms with Crippen LogP contribution in [0.25, 0.3) is 0 Å². The predicted octanol–water partition coefficient (Wildman–Crippen LogP) is 7.52. The van der Waals surface area contributed by atoms with Gasteiger partial charge in [0.15, 0.2) is 0 Å². The van der Waals surface area contributed by atoms with E-state index in [1.807, 2.05) is 0 Å². The first kappa shape index (κ1) is 30.6. The van der Waals surface area contributed by atoms with Crippen molar-refractivity contribution in [1.29, 1.82) is 0 Å². The van der Waals surface area contributed by atoms with Gasteiger partial charge in [-0.05, 0) is 61.2 Å². The molecule has 0 spiro atoms. The molecule has 0 fully saturated rings. The molecule has 0 N–H and O–H groups in total. The van der Waals surface area contributed by atoms with Gasteiger partial charge in [0.05, 0.1) is 26.4 Å². The molecule has 0 aromatic carbocycles.